The zero-order chi connectivity index (χ0) is 22.0. The smallest absolute Gasteiger partial charge is 0.167 e. The van der Waals surface area contributed by atoms with Gasteiger partial charge in [-0.1, -0.05) is 17.7 Å². The minimum Gasteiger partial charge on any atom is -0.378 e. The van der Waals surface area contributed by atoms with Crippen LogP contribution in [0.5, 0.6) is 0 Å². The van der Waals surface area contributed by atoms with Gasteiger partial charge in [0.2, 0.25) is 0 Å². The Morgan fingerprint density at radius 3 is 2.48 bits per heavy atom. The number of hydrogen-bond donors (Lipinski definition) is 2. The number of nitrogens with zero attached hydrogens (tertiary/aromatic N) is 4. The summed E-state index contributed by atoms with van der Waals surface area (Å²) in [5.74, 6) is 0.324. The zero-order valence-corrected chi connectivity index (χ0v) is 17.6. The molecule has 31 heavy (non-hydrogen) atoms. The Balaban J connectivity index is 1.60. The van der Waals surface area contributed by atoms with Crippen LogP contribution in [-0.2, 0) is 0 Å². The van der Waals surface area contributed by atoms with Crippen molar-refractivity contribution in [3.8, 4) is 28.7 Å². The van der Waals surface area contributed by atoms with E-state index in [2.05, 4.69) is 20.3 Å². The second-order valence-corrected chi connectivity index (χ2v) is 7.42. The van der Waals surface area contributed by atoms with Crippen molar-refractivity contribution in [2.75, 3.05) is 24.3 Å². The first kappa shape index (κ1) is 20.4. The topological polar surface area (TPSA) is 80.6 Å². The third-order valence-corrected chi connectivity index (χ3v) is 5.03. The Labute approximate surface area is 184 Å². The number of anilines is 3. The van der Waals surface area contributed by atoms with Crippen LogP contribution in [0.25, 0.3) is 22.6 Å². The number of aromatic amines is 1. The summed E-state index contributed by atoms with van der Waals surface area (Å²) in [5, 5.41) is 12.9. The second-order valence-electron chi connectivity index (χ2n) is 7.02. The number of H-pyrrole nitrogens is 1. The van der Waals surface area contributed by atoms with Crippen molar-refractivity contribution < 1.29 is 4.39 Å². The summed E-state index contributed by atoms with van der Waals surface area (Å²) in [6.45, 7) is 0. The van der Waals surface area contributed by atoms with E-state index in [4.69, 9.17) is 11.6 Å². The van der Waals surface area contributed by atoms with Crippen LogP contribution in [-0.4, -0.2) is 29.0 Å². The van der Waals surface area contributed by atoms with Gasteiger partial charge in [-0.3, -0.25) is 0 Å². The number of hydrogen-bond acceptors (Lipinski definition) is 5. The number of nitriles is 1. The molecule has 6 nitrogen and oxygen atoms in total. The Morgan fingerprint density at radius 1 is 1.10 bits per heavy atom. The lowest BCUT2D eigenvalue weighted by Crippen LogP contribution is -2.08. The summed E-state index contributed by atoms with van der Waals surface area (Å²) < 4.78 is 14.3. The highest BCUT2D eigenvalue weighted by Gasteiger charge is 2.18. The van der Waals surface area contributed by atoms with E-state index in [1.54, 1.807) is 18.3 Å². The molecule has 0 spiro atoms. The Morgan fingerprint density at radius 2 is 1.87 bits per heavy atom. The first-order valence-corrected chi connectivity index (χ1v) is 9.79. The summed E-state index contributed by atoms with van der Waals surface area (Å²) in [6.07, 6.45) is 1.62. The highest BCUT2D eigenvalue weighted by Crippen LogP contribution is 2.32. The first-order valence-electron chi connectivity index (χ1n) is 9.41. The van der Waals surface area contributed by atoms with Gasteiger partial charge in [0.1, 0.15) is 23.5 Å². The predicted molar refractivity (Wildman–Crippen MR) is 121 cm³/mol. The zero-order valence-electron chi connectivity index (χ0n) is 16.8. The minimum atomic E-state index is -0.518. The van der Waals surface area contributed by atoms with Gasteiger partial charge in [-0.25, -0.2) is 14.4 Å². The van der Waals surface area contributed by atoms with Gasteiger partial charge >= 0.3 is 0 Å². The van der Waals surface area contributed by atoms with E-state index in [9.17, 15) is 9.65 Å². The van der Waals surface area contributed by atoms with Crippen LogP contribution in [0.4, 0.5) is 21.6 Å². The van der Waals surface area contributed by atoms with E-state index in [0.29, 0.717) is 17.1 Å². The lowest BCUT2D eigenvalue weighted by atomic mass is 10.2. The molecule has 0 saturated heterocycles. The fourth-order valence-electron chi connectivity index (χ4n) is 3.11. The summed E-state index contributed by atoms with van der Waals surface area (Å²) in [5.41, 5.74) is 3.36. The second kappa shape index (κ2) is 8.46. The largest absolute Gasteiger partial charge is 0.378 e. The fraction of sp³-hybridized carbons (Fsp3) is 0.0870. The van der Waals surface area contributed by atoms with Crippen molar-refractivity contribution in [3.05, 3.63) is 77.3 Å². The number of benzene rings is 2. The molecule has 0 radical (unpaired) electrons. The van der Waals surface area contributed by atoms with Crippen LogP contribution in [0.1, 0.15) is 5.69 Å². The van der Waals surface area contributed by atoms with E-state index in [-0.39, 0.29) is 22.1 Å². The number of imidazole rings is 1. The van der Waals surface area contributed by atoms with Gasteiger partial charge in [0.05, 0.1) is 16.3 Å². The van der Waals surface area contributed by atoms with Crippen LogP contribution in [0.15, 0.2) is 60.8 Å². The van der Waals surface area contributed by atoms with E-state index in [1.807, 2.05) is 55.4 Å². The molecule has 2 aromatic carbocycles. The lowest BCUT2D eigenvalue weighted by Gasteiger charge is -2.13. The number of rotatable bonds is 5. The van der Waals surface area contributed by atoms with Crippen LogP contribution < -0.4 is 10.2 Å². The summed E-state index contributed by atoms with van der Waals surface area (Å²) in [4.78, 5) is 13.7. The summed E-state index contributed by atoms with van der Waals surface area (Å²) >= 11 is 6.13. The van der Waals surface area contributed by atoms with E-state index in [1.165, 1.54) is 12.1 Å². The van der Waals surface area contributed by atoms with Crippen LogP contribution in [0.3, 0.4) is 0 Å². The van der Waals surface area contributed by atoms with Gasteiger partial charge in [0.15, 0.2) is 5.69 Å². The van der Waals surface area contributed by atoms with Crippen molar-refractivity contribution in [1.29, 1.82) is 5.26 Å². The molecule has 0 aliphatic heterocycles. The Kier molecular flexibility index (Phi) is 5.56. The number of nitrogens with one attached hydrogen (secondary N) is 2. The molecule has 0 amide bonds. The summed E-state index contributed by atoms with van der Waals surface area (Å²) in [6, 6.07) is 18.0. The van der Waals surface area contributed by atoms with Crippen molar-refractivity contribution in [3.63, 3.8) is 0 Å². The minimum absolute atomic E-state index is 0.124. The molecular weight excluding hydrogens is 415 g/mol. The highest BCUT2D eigenvalue weighted by atomic mass is 35.5. The van der Waals surface area contributed by atoms with Gasteiger partial charge in [0.25, 0.3) is 0 Å². The molecule has 2 aromatic heterocycles. The number of pyridine rings is 1. The Hall–Kier alpha value is -3.89. The Bertz CT molecular complexity index is 1240. The van der Waals surface area contributed by atoms with Crippen LogP contribution in [0, 0.1) is 17.1 Å². The number of halogens is 2. The van der Waals surface area contributed by atoms with E-state index in [0.717, 1.165) is 11.4 Å². The first-order chi connectivity index (χ1) is 15.0. The molecule has 0 atom stereocenters. The SMILES string of the molecule is CN(C)c1ccc(Nc2ccc(-c3[nH]c(-c4c(F)cccc4Cl)nc3C#N)cn2)cc1. The summed E-state index contributed by atoms with van der Waals surface area (Å²) in [7, 11) is 3.97. The molecule has 8 heteroatoms. The normalized spacial score (nSPS) is 10.5. The molecule has 0 fully saturated rings. The molecule has 4 aromatic rings. The third-order valence-electron chi connectivity index (χ3n) is 4.72. The van der Waals surface area contributed by atoms with Gasteiger partial charge < -0.3 is 15.2 Å². The molecule has 4 rings (SSSR count). The van der Waals surface area contributed by atoms with Crippen molar-refractivity contribution >= 4 is 28.8 Å². The maximum Gasteiger partial charge on any atom is 0.167 e. The molecule has 0 aliphatic carbocycles. The van der Waals surface area contributed by atoms with Gasteiger partial charge in [-0.15, -0.1) is 0 Å². The van der Waals surface area contributed by atoms with Crippen molar-refractivity contribution in [1.82, 2.24) is 15.0 Å². The standard InChI is InChI=1S/C23H18ClFN6/c1-31(2)16-9-7-15(8-10-16)28-20-11-6-14(13-27-20)22-19(12-26)29-23(30-22)21-17(24)4-3-5-18(21)25/h3-11,13H,1-2H3,(H,27,28)(H,29,30). The predicted octanol–water partition coefficient (Wildman–Crippen LogP) is 5.61. The molecule has 2 N–H and O–H groups in total. The molecular formula is C23H18ClFN6. The molecule has 0 saturated carbocycles. The molecule has 154 valence electrons. The molecule has 0 aliphatic rings. The monoisotopic (exact) mass is 432 g/mol. The quantitative estimate of drug-likeness (QED) is 0.428. The average Bonchev–Trinajstić information content (AvgIpc) is 3.18. The molecule has 0 bridgehead atoms. The maximum absolute atomic E-state index is 14.3. The average molecular weight is 433 g/mol. The van der Waals surface area contributed by atoms with E-state index >= 15 is 0 Å². The van der Waals surface area contributed by atoms with Gasteiger partial charge in [-0.05, 0) is 48.5 Å². The lowest BCUT2D eigenvalue weighted by molar-refractivity contribution is 0.630. The van der Waals surface area contributed by atoms with Crippen LogP contribution >= 0.6 is 11.6 Å². The van der Waals surface area contributed by atoms with Gasteiger partial charge in [0, 0.05) is 37.2 Å². The van der Waals surface area contributed by atoms with E-state index < -0.39 is 5.82 Å². The maximum atomic E-state index is 14.3. The third kappa shape index (κ3) is 4.20. The molecule has 2 heterocycles. The van der Waals surface area contributed by atoms with Crippen molar-refractivity contribution in [2.24, 2.45) is 0 Å². The fourth-order valence-corrected chi connectivity index (χ4v) is 3.36. The highest BCUT2D eigenvalue weighted by molar-refractivity contribution is 6.33. The van der Waals surface area contributed by atoms with Gasteiger partial charge in [-0.2, -0.15) is 5.26 Å². The number of aromatic nitrogens is 3. The molecule has 0 unspecified atom stereocenters. The van der Waals surface area contributed by atoms with Crippen LogP contribution in [0.2, 0.25) is 5.02 Å². The van der Waals surface area contributed by atoms with Crippen molar-refractivity contribution in [2.45, 2.75) is 0 Å².